The van der Waals surface area contributed by atoms with E-state index in [-0.39, 0.29) is 12.5 Å². The Hall–Kier alpha value is -1.00. The van der Waals surface area contributed by atoms with Gasteiger partial charge in [0.2, 0.25) is 0 Å². The number of hydrogen-bond donors (Lipinski definition) is 2. The molecule has 1 aromatic rings. The highest BCUT2D eigenvalue weighted by atomic mass is 19.3. The number of nitrogens with one attached hydrogen (secondary N) is 1. The molecule has 1 aliphatic rings. The number of rotatable bonds is 3. The van der Waals surface area contributed by atoms with Crippen molar-refractivity contribution in [2.45, 2.75) is 56.7 Å². The first-order valence-electron chi connectivity index (χ1n) is 6.74. The summed E-state index contributed by atoms with van der Waals surface area (Å²) in [6, 6.07) is 9.59. The zero-order valence-electron chi connectivity index (χ0n) is 11.4. The molecule has 0 heterocycles. The number of hydrogen-bond acceptors (Lipinski definition) is 2. The summed E-state index contributed by atoms with van der Waals surface area (Å²) < 4.78 is 27.3. The average molecular weight is 269 g/mol. The molecule has 1 fully saturated rings. The minimum atomic E-state index is -3.00. The molecular weight excluding hydrogens is 248 g/mol. The third-order valence-electron chi connectivity index (χ3n) is 4.06. The molecule has 19 heavy (non-hydrogen) atoms. The lowest BCUT2D eigenvalue weighted by Gasteiger charge is -2.45. The molecule has 2 nitrogen and oxygen atoms in total. The third kappa shape index (κ3) is 2.95. The first-order chi connectivity index (χ1) is 8.85. The van der Waals surface area contributed by atoms with Gasteiger partial charge >= 0.3 is 0 Å². The summed E-state index contributed by atoms with van der Waals surface area (Å²) in [7, 11) is 0. The van der Waals surface area contributed by atoms with E-state index in [9.17, 15) is 13.9 Å². The van der Waals surface area contributed by atoms with Gasteiger partial charge in [-0.05, 0) is 32.3 Å². The second-order valence-electron chi connectivity index (χ2n) is 5.71. The second-order valence-corrected chi connectivity index (χ2v) is 5.71. The molecule has 0 spiro atoms. The van der Waals surface area contributed by atoms with E-state index in [1.165, 1.54) is 0 Å². The van der Waals surface area contributed by atoms with Crippen LogP contribution in [0.25, 0.3) is 0 Å². The Morgan fingerprint density at radius 1 is 1.26 bits per heavy atom. The van der Waals surface area contributed by atoms with E-state index >= 15 is 0 Å². The lowest BCUT2D eigenvalue weighted by molar-refractivity contribution is -0.167. The molecule has 1 unspecified atom stereocenters. The molecule has 2 rings (SSSR count). The van der Waals surface area contributed by atoms with Crippen molar-refractivity contribution in [2.75, 3.05) is 0 Å². The van der Waals surface area contributed by atoms with Gasteiger partial charge in [0, 0.05) is 18.0 Å². The van der Waals surface area contributed by atoms with Crippen molar-refractivity contribution in [3.05, 3.63) is 35.9 Å². The monoisotopic (exact) mass is 269 g/mol. The maximum atomic E-state index is 13.7. The van der Waals surface area contributed by atoms with Crippen LogP contribution in [-0.4, -0.2) is 22.7 Å². The quantitative estimate of drug-likeness (QED) is 0.882. The molecule has 1 aliphatic carbocycles. The van der Waals surface area contributed by atoms with Gasteiger partial charge in [-0.15, -0.1) is 0 Å². The van der Waals surface area contributed by atoms with Crippen molar-refractivity contribution in [2.24, 2.45) is 0 Å². The summed E-state index contributed by atoms with van der Waals surface area (Å²) in [6.07, 6.45) is -0.888. The largest absolute Gasteiger partial charge is 0.385 e. The predicted molar refractivity (Wildman–Crippen MR) is 71.2 cm³/mol. The van der Waals surface area contributed by atoms with E-state index in [1.807, 2.05) is 37.3 Å². The van der Waals surface area contributed by atoms with Gasteiger partial charge in [-0.1, -0.05) is 30.3 Å². The lowest BCUT2D eigenvalue weighted by atomic mass is 9.77. The van der Waals surface area contributed by atoms with E-state index in [4.69, 9.17) is 0 Å². The van der Waals surface area contributed by atoms with Crippen LogP contribution in [0.2, 0.25) is 0 Å². The van der Waals surface area contributed by atoms with E-state index in [1.54, 1.807) is 6.92 Å². The summed E-state index contributed by atoms with van der Waals surface area (Å²) in [5.41, 5.74) is 0.0848. The van der Waals surface area contributed by atoms with Crippen LogP contribution >= 0.6 is 0 Å². The molecule has 0 bridgehead atoms. The molecular formula is C15H21F2NO. The molecule has 0 saturated heterocycles. The Morgan fingerprint density at radius 3 is 2.53 bits per heavy atom. The molecule has 0 aromatic heterocycles. The fourth-order valence-electron chi connectivity index (χ4n) is 2.90. The molecule has 1 saturated carbocycles. The molecule has 2 N–H and O–H groups in total. The SMILES string of the molecule is CC(N[C@]1(C)CCCC(F)(F)[C@H]1O)c1ccccc1. The van der Waals surface area contributed by atoms with Gasteiger partial charge in [-0.3, -0.25) is 0 Å². The fourth-order valence-corrected chi connectivity index (χ4v) is 2.90. The summed E-state index contributed by atoms with van der Waals surface area (Å²) in [5, 5.41) is 13.1. The van der Waals surface area contributed by atoms with Gasteiger partial charge in [0.25, 0.3) is 5.92 Å². The van der Waals surface area contributed by atoms with Gasteiger partial charge in [0.05, 0.1) is 0 Å². The van der Waals surface area contributed by atoms with Crippen molar-refractivity contribution in [1.29, 1.82) is 0 Å². The van der Waals surface area contributed by atoms with Crippen LogP contribution in [0.1, 0.15) is 44.7 Å². The van der Waals surface area contributed by atoms with Crippen molar-refractivity contribution in [1.82, 2.24) is 5.32 Å². The van der Waals surface area contributed by atoms with Crippen LogP contribution in [0, 0.1) is 0 Å². The van der Waals surface area contributed by atoms with Crippen LogP contribution in [0.15, 0.2) is 30.3 Å². The summed E-state index contributed by atoms with van der Waals surface area (Å²) in [4.78, 5) is 0. The van der Waals surface area contributed by atoms with Crippen LogP contribution in [-0.2, 0) is 0 Å². The topological polar surface area (TPSA) is 32.3 Å². The molecule has 0 amide bonds. The zero-order chi connectivity index (χ0) is 14.1. The zero-order valence-corrected chi connectivity index (χ0v) is 11.4. The highest BCUT2D eigenvalue weighted by Gasteiger charge is 2.52. The second kappa shape index (κ2) is 5.17. The highest BCUT2D eigenvalue weighted by Crippen LogP contribution is 2.40. The van der Waals surface area contributed by atoms with Crippen molar-refractivity contribution in [3.63, 3.8) is 0 Å². The summed E-state index contributed by atoms with van der Waals surface area (Å²) in [5.74, 6) is -3.00. The van der Waals surface area contributed by atoms with E-state index in [0.717, 1.165) is 5.56 Å². The van der Waals surface area contributed by atoms with Gasteiger partial charge in [-0.25, -0.2) is 8.78 Å². The Morgan fingerprint density at radius 2 is 1.89 bits per heavy atom. The summed E-state index contributed by atoms with van der Waals surface area (Å²) >= 11 is 0. The number of benzene rings is 1. The van der Waals surface area contributed by atoms with E-state index in [0.29, 0.717) is 12.8 Å². The third-order valence-corrected chi connectivity index (χ3v) is 4.06. The molecule has 4 heteroatoms. The summed E-state index contributed by atoms with van der Waals surface area (Å²) in [6.45, 7) is 3.62. The minimum absolute atomic E-state index is 0.0743. The van der Waals surface area contributed by atoms with Crippen molar-refractivity contribution >= 4 is 0 Å². The first-order valence-corrected chi connectivity index (χ1v) is 6.74. The number of aliphatic hydroxyl groups excluding tert-OH is 1. The Kier molecular flexibility index (Phi) is 3.92. The molecule has 0 aliphatic heterocycles. The molecule has 3 atom stereocenters. The predicted octanol–water partition coefficient (Wildman–Crippen LogP) is 3.28. The van der Waals surface area contributed by atoms with Crippen LogP contribution in [0.4, 0.5) is 8.78 Å². The first kappa shape index (κ1) is 14.4. The van der Waals surface area contributed by atoms with Crippen LogP contribution < -0.4 is 5.32 Å². The molecule has 1 aromatic carbocycles. The maximum absolute atomic E-state index is 13.7. The van der Waals surface area contributed by atoms with Crippen molar-refractivity contribution < 1.29 is 13.9 Å². The fraction of sp³-hybridized carbons (Fsp3) is 0.600. The Labute approximate surface area is 112 Å². The highest BCUT2D eigenvalue weighted by molar-refractivity contribution is 5.19. The Bertz CT molecular complexity index is 423. The van der Waals surface area contributed by atoms with Crippen LogP contribution in [0.5, 0.6) is 0 Å². The van der Waals surface area contributed by atoms with E-state index in [2.05, 4.69) is 5.32 Å². The minimum Gasteiger partial charge on any atom is -0.385 e. The smallest absolute Gasteiger partial charge is 0.275 e. The molecule has 106 valence electrons. The van der Waals surface area contributed by atoms with Gasteiger partial charge in [0.1, 0.15) is 6.10 Å². The van der Waals surface area contributed by atoms with Gasteiger partial charge < -0.3 is 10.4 Å². The maximum Gasteiger partial charge on any atom is 0.275 e. The Balaban J connectivity index is 2.13. The normalized spacial score (nSPS) is 31.9. The molecule has 0 radical (unpaired) electrons. The van der Waals surface area contributed by atoms with E-state index < -0.39 is 17.6 Å². The number of halogens is 2. The van der Waals surface area contributed by atoms with Crippen molar-refractivity contribution in [3.8, 4) is 0 Å². The lowest BCUT2D eigenvalue weighted by Crippen LogP contribution is -2.61. The number of aliphatic hydroxyl groups is 1. The van der Waals surface area contributed by atoms with Gasteiger partial charge in [0.15, 0.2) is 0 Å². The van der Waals surface area contributed by atoms with Crippen LogP contribution in [0.3, 0.4) is 0 Å². The van der Waals surface area contributed by atoms with Gasteiger partial charge in [-0.2, -0.15) is 0 Å². The standard InChI is InChI=1S/C15H21F2NO/c1-11(12-7-4-3-5-8-12)18-14(2)9-6-10-15(16,17)13(14)19/h3-5,7-8,11,13,18-19H,6,9-10H2,1-2H3/t11?,13-,14+/m0/s1. The average Bonchev–Trinajstić information content (AvgIpc) is 2.37. The number of alkyl halides is 2.